The molecule has 5 heteroatoms. The van der Waals surface area contributed by atoms with Crippen LogP contribution in [0.1, 0.15) is 39.0 Å². The maximum atomic E-state index is 11.3. The SMILES string of the molecule is CCCCCC(=O)N[C@@H](CCN)C(N)=O. The fourth-order valence-corrected chi connectivity index (χ4v) is 1.25. The molecule has 0 aromatic rings. The number of amides is 2. The Morgan fingerprint density at radius 2 is 2.00 bits per heavy atom. The van der Waals surface area contributed by atoms with Crippen LogP contribution in [-0.4, -0.2) is 24.4 Å². The minimum Gasteiger partial charge on any atom is -0.368 e. The van der Waals surface area contributed by atoms with Gasteiger partial charge in [-0.3, -0.25) is 9.59 Å². The Morgan fingerprint density at radius 3 is 2.47 bits per heavy atom. The molecule has 0 radical (unpaired) electrons. The van der Waals surface area contributed by atoms with Crippen LogP contribution in [0.4, 0.5) is 0 Å². The van der Waals surface area contributed by atoms with Crippen LogP contribution in [0.25, 0.3) is 0 Å². The first-order chi connectivity index (χ1) is 7.11. The predicted molar refractivity (Wildman–Crippen MR) is 58.9 cm³/mol. The third-order valence-corrected chi connectivity index (χ3v) is 2.14. The van der Waals surface area contributed by atoms with Crippen LogP contribution in [0.3, 0.4) is 0 Å². The maximum Gasteiger partial charge on any atom is 0.240 e. The third kappa shape index (κ3) is 6.90. The molecule has 5 N–H and O–H groups in total. The van der Waals surface area contributed by atoms with E-state index in [4.69, 9.17) is 11.5 Å². The molecule has 0 aliphatic carbocycles. The van der Waals surface area contributed by atoms with E-state index in [-0.39, 0.29) is 5.91 Å². The monoisotopic (exact) mass is 215 g/mol. The van der Waals surface area contributed by atoms with Gasteiger partial charge in [-0.15, -0.1) is 0 Å². The van der Waals surface area contributed by atoms with E-state index >= 15 is 0 Å². The normalized spacial score (nSPS) is 12.1. The Kier molecular flexibility index (Phi) is 7.62. The van der Waals surface area contributed by atoms with Crippen molar-refractivity contribution in [2.45, 2.75) is 45.1 Å². The summed E-state index contributed by atoms with van der Waals surface area (Å²) in [6, 6.07) is -0.621. The van der Waals surface area contributed by atoms with Crippen molar-refractivity contribution >= 4 is 11.8 Å². The molecule has 5 nitrogen and oxygen atoms in total. The van der Waals surface area contributed by atoms with E-state index in [2.05, 4.69) is 12.2 Å². The highest BCUT2D eigenvalue weighted by atomic mass is 16.2. The maximum absolute atomic E-state index is 11.3. The lowest BCUT2D eigenvalue weighted by Gasteiger charge is -2.14. The van der Waals surface area contributed by atoms with Crippen molar-refractivity contribution in [3.05, 3.63) is 0 Å². The van der Waals surface area contributed by atoms with Gasteiger partial charge in [-0.05, 0) is 19.4 Å². The molecule has 0 spiro atoms. The molecule has 0 saturated heterocycles. The van der Waals surface area contributed by atoms with Crippen LogP contribution >= 0.6 is 0 Å². The average molecular weight is 215 g/mol. The van der Waals surface area contributed by atoms with Crippen LogP contribution < -0.4 is 16.8 Å². The summed E-state index contributed by atoms with van der Waals surface area (Å²) in [7, 11) is 0. The summed E-state index contributed by atoms with van der Waals surface area (Å²) in [6.45, 7) is 2.40. The molecule has 1 atom stereocenters. The summed E-state index contributed by atoms with van der Waals surface area (Å²) in [4.78, 5) is 22.3. The molecule has 0 heterocycles. The standard InChI is InChI=1S/C10H21N3O2/c1-2-3-4-5-9(14)13-8(6-7-11)10(12)15/h8H,2-7,11H2,1H3,(H2,12,15)(H,13,14)/t8-/m0/s1. The van der Waals surface area contributed by atoms with Gasteiger partial charge in [0.25, 0.3) is 0 Å². The number of hydrogen-bond acceptors (Lipinski definition) is 3. The van der Waals surface area contributed by atoms with E-state index in [1.54, 1.807) is 0 Å². The summed E-state index contributed by atoms with van der Waals surface area (Å²) in [6.07, 6.45) is 3.77. The Morgan fingerprint density at radius 1 is 1.33 bits per heavy atom. The second-order valence-electron chi connectivity index (χ2n) is 3.56. The van der Waals surface area contributed by atoms with E-state index in [1.165, 1.54) is 0 Å². The molecule has 0 aromatic carbocycles. The van der Waals surface area contributed by atoms with Gasteiger partial charge in [0.05, 0.1) is 0 Å². The number of unbranched alkanes of at least 4 members (excludes halogenated alkanes) is 2. The van der Waals surface area contributed by atoms with Gasteiger partial charge in [0.15, 0.2) is 0 Å². The molecule has 88 valence electrons. The fourth-order valence-electron chi connectivity index (χ4n) is 1.25. The van der Waals surface area contributed by atoms with Crippen molar-refractivity contribution in [1.29, 1.82) is 0 Å². The highest BCUT2D eigenvalue weighted by Gasteiger charge is 2.16. The topological polar surface area (TPSA) is 98.2 Å². The summed E-state index contributed by atoms with van der Waals surface area (Å²) < 4.78 is 0. The van der Waals surface area contributed by atoms with Crippen molar-refractivity contribution in [3.63, 3.8) is 0 Å². The number of carbonyl (C=O) groups excluding carboxylic acids is 2. The minimum atomic E-state index is -0.621. The smallest absolute Gasteiger partial charge is 0.240 e. The fraction of sp³-hybridized carbons (Fsp3) is 0.800. The largest absolute Gasteiger partial charge is 0.368 e. The molecular weight excluding hydrogens is 194 g/mol. The van der Waals surface area contributed by atoms with E-state index in [0.29, 0.717) is 19.4 Å². The molecule has 0 aliphatic rings. The Balaban J connectivity index is 3.84. The van der Waals surface area contributed by atoms with Crippen LogP contribution in [0, 0.1) is 0 Å². The van der Waals surface area contributed by atoms with Crippen LogP contribution in [-0.2, 0) is 9.59 Å². The van der Waals surface area contributed by atoms with Crippen molar-refractivity contribution in [1.82, 2.24) is 5.32 Å². The average Bonchev–Trinajstić information content (AvgIpc) is 2.17. The minimum absolute atomic E-state index is 0.124. The highest BCUT2D eigenvalue weighted by Crippen LogP contribution is 1.99. The zero-order chi connectivity index (χ0) is 11.7. The zero-order valence-electron chi connectivity index (χ0n) is 9.29. The number of nitrogens with two attached hydrogens (primary N) is 2. The molecule has 0 aliphatic heterocycles. The Bertz CT molecular complexity index is 207. The van der Waals surface area contributed by atoms with Crippen LogP contribution in [0.15, 0.2) is 0 Å². The van der Waals surface area contributed by atoms with Crippen molar-refractivity contribution in [3.8, 4) is 0 Å². The van der Waals surface area contributed by atoms with E-state index in [0.717, 1.165) is 19.3 Å². The van der Waals surface area contributed by atoms with Crippen molar-refractivity contribution < 1.29 is 9.59 Å². The highest BCUT2D eigenvalue weighted by molar-refractivity contribution is 5.86. The Labute approximate surface area is 90.6 Å². The van der Waals surface area contributed by atoms with Crippen molar-refractivity contribution in [2.24, 2.45) is 11.5 Å². The second-order valence-corrected chi connectivity index (χ2v) is 3.56. The summed E-state index contributed by atoms with van der Waals surface area (Å²) in [5.74, 6) is -0.648. The first kappa shape index (κ1) is 13.9. The molecular formula is C10H21N3O2. The number of rotatable bonds is 8. The van der Waals surface area contributed by atoms with E-state index < -0.39 is 11.9 Å². The van der Waals surface area contributed by atoms with Gasteiger partial charge >= 0.3 is 0 Å². The molecule has 0 bridgehead atoms. The molecule has 0 rings (SSSR count). The Hall–Kier alpha value is -1.10. The van der Waals surface area contributed by atoms with Gasteiger partial charge in [-0.2, -0.15) is 0 Å². The second kappa shape index (κ2) is 8.23. The quantitative estimate of drug-likeness (QED) is 0.492. The first-order valence-corrected chi connectivity index (χ1v) is 5.40. The lowest BCUT2D eigenvalue weighted by molar-refractivity contribution is -0.127. The zero-order valence-corrected chi connectivity index (χ0v) is 9.29. The van der Waals surface area contributed by atoms with Gasteiger partial charge in [0.2, 0.25) is 11.8 Å². The molecule has 2 amide bonds. The molecule has 0 fully saturated rings. The van der Waals surface area contributed by atoms with Gasteiger partial charge in [0, 0.05) is 6.42 Å². The van der Waals surface area contributed by atoms with E-state index in [9.17, 15) is 9.59 Å². The van der Waals surface area contributed by atoms with Crippen LogP contribution in [0.5, 0.6) is 0 Å². The lowest BCUT2D eigenvalue weighted by Crippen LogP contribution is -2.45. The van der Waals surface area contributed by atoms with Crippen LogP contribution in [0.2, 0.25) is 0 Å². The van der Waals surface area contributed by atoms with Gasteiger partial charge in [0.1, 0.15) is 6.04 Å². The molecule has 15 heavy (non-hydrogen) atoms. The molecule has 0 aromatic heterocycles. The first-order valence-electron chi connectivity index (χ1n) is 5.40. The van der Waals surface area contributed by atoms with Gasteiger partial charge in [-0.25, -0.2) is 0 Å². The summed E-state index contributed by atoms with van der Waals surface area (Å²) in [5, 5.41) is 2.58. The number of nitrogens with one attached hydrogen (secondary N) is 1. The molecule has 0 saturated carbocycles. The summed E-state index contributed by atoms with van der Waals surface area (Å²) >= 11 is 0. The third-order valence-electron chi connectivity index (χ3n) is 2.14. The molecule has 0 unspecified atom stereocenters. The van der Waals surface area contributed by atoms with Gasteiger partial charge in [-0.1, -0.05) is 19.8 Å². The van der Waals surface area contributed by atoms with Gasteiger partial charge < -0.3 is 16.8 Å². The van der Waals surface area contributed by atoms with E-state index in [1.807, 2.05) is 0 Å². The number of primary amides is 1. The number of hydrogen-bond donors (Lipinski definition) is 3. The van der Waals surface area contributed by atoms with Crippen molar-refractivity contribution in [2.75, 3.05) is 6.54 Å². The lowest BCUT2D eigenvalue weighted by atomic mass is 10.1. The summed E-state index contributed by atoms with van der Waals surface area (Å²) in [5.41, 5.74) is 10.4. The number of carbonyl (C=O) groups is 2. The predicted octanol–water partition coefficient (Wildman–Crippen LogP) is -0.114.